The van der Waals surface area contributed by atoms with Crippen molar-refractivity contribution >= 4 is 49.0 Å². The summed E-state index contributed by atoms with van der Waals surface area (Å²) in [5, 5.41) is 11.9. The smallest absolute Gasteiger partial charge is 0.324 e. The molecule has 0 spiro atoms. The Balaban J connectivity index is 1.72. The molecule has 4 unspecified atom stereocenters. The van der Waals surface area contributed by atoms with Gasteiger partial charge in [0.1, 0.15) is 6.33 Å². The molecule has 5 amide bonds. The lowest BCUT2D eigenvalue weighted by molar-refractivity contribution is -0.170. The van der Waals surface area contributed by atoms with E-state index in [1.807, 2.05) is 18.2 Å². The van der Waals surface area contributed by atoms with Crippen LogP contribution in [0.3, 0.4) is 0 Å². The highest BCUT2D eigenvalue weighted by Gasteiger charge is 2.52. The number of carbonyl (C=O) groups excluding carboxylic acids is 3. The lowest BCUT2D eigenvalue weighted by Gasteiger charge is -2.41. The Kier molecular flexibility index (Phi) is 10.4. The van der Waals surface area contributed by atoms with Crippen LogP contribution in [0.25, 0.3) is 11.2 Å². The number of hydrogen-bond acceptors (Lipinski definition) is 9. The van der Waals surface area contributed by atoms with Crippen LogP contribution < -0.4 is 21.3 Å². The molecule has 4 rings (SSSR count). The first kappa shape index (κ1) is 33.8. The maximum atomic E-state index is 13.2. The fraction of sp³-hybridized carbons (Fsp3) is 0.517. The number of para-hydroxylation sites is 1. The molecule has 3 aromatic rings. The number of rotatable bonds is 10. The molecule has 0 aliphatic carbocycles. The molecule has 3 heterocycles. The molecule has 4 atom stereocenters. The fourth-order valence-corrected chi connectivity index (χ4v) is 6.07. The van der Waals surface area contributed by atoms with Crippen LogP contribution in [0.4, 0.5) is 21.1 Å². The minimum Gasteiger partial charge on any atom is -0.409 e. The van der Waals surface area contributed by atoms with Gasteiger partial charge in [0.25, 0.3) is 0 Å². The number of hydroxylamine groups is 2. The van der Waals surface area contributed by atoms with E-state index in [4.69, 9.17) is 14.0 Å². The second kappa shape index (κ2) is 13.9. The average molecular weight is 642 g/mol. The van der Waals surface area contributed by atoms with Crippen molar-refractivity contribution in [2.45, 2.75) is 63.8 Å². The number of benzene rings is 1. The molecule has 4 N–H and O–H groups in total. The van der Waals surface area contributed by atoms with Gasteiger partial charge < -0.3 is 25.1 Å². The standard InChI is InChI=1S/C29H43N9O6Si/c1-29(2,3)45(7,8)44-23-19(14-21(39)37(5)42-6)20(15-31-27(40)30-4)43-26(23)38-17-34-22-24(32-16-33-25(22)38)36-28(41)35-18-12-10-9-11-13-18/h9-13,16-17,19-20,23,26H,14-15H2,1-8H3,(H2,30,31,40)(H2,32,33,35,36,41). The molecule has 0 saturated carbocycles. The molecule has 1 aromatic carbocycles. The normalized spacial score (nSPS) is 20.1. The summed E-state index contributed by atoms with van der Waals surface area (Å²) >= 11 is 0. The van der Waals surface area contributed by atoms with Gasteiger partial charge in [-0.1, -0.05) is 39.0 Å². The Morgan fingerprint density at radius 3 is 2.42 bits per heavy atom. The first-order chi connectivity index (χ1) is 21.3. The van der Waals surface area contributed by atoms with Gasteiger partial charge >= 0.3 is 12.1 Å². The Bertz CT molecular complexity index is 1500. The van der Waals surface area contributed by atoms with Gasteiger partial charge in [0.2, 0.25) is 5.91 Å². The molecule has 2 aromatic heterocycles. The molecule has 45 heavy (non-hydrogen) atoms. The van der Waals surface area contributed by atoms with Crippen LogP contribution in [0.2, 0.25) is 18.1 Å². The van der Waals surface area contributed by atoms with Gasteiger partial charge in [-0.15, -0.1) is 0 Å². The monoisotopic (exact) mass is 641 g/mol. The maximum Gasteiger partial charge on any atom is 0.324 e. The van der Waals surface area contributed by atoms with Crippen molar-refractivity contribution in [1.29, 1.82) is 0 Å². The van der Waals surface area contributed by atoms with E-state index in [1.54, 1.807) is 30.1 Å². The van der Waals surface area contributed by atoms with E-state index < -0.39 is 38.7 Å². The minimum atomic E-state index is -2.44. The number of imidazole rings is 1. The fourth-order valence-electron chi connectivity index (χ4n) is 4.75. The SMILES string of the molecule is CNC(=O)NCC1OC(n2cnc3c(NC(=O)Nc4ccccc4)ncnc32)C(O[Si](C)(C)C(C)(C)C)C1CC(=O)N(C)OC. The van der Waals surface area contributed by atoms with E-state index in [0.29, 0.717) is 16.9 Å². The zero-order valence-electron chi connectivity index (χ0n) is 27.0. The predicted molar refractivity (Wildman–Crippen MR) is 171 cm³/mol. The summed E-state index contributed by atoms with van der Waals surface area (Å²) in [6.07, 6.45) is 0.921. The van der Waals surface area contributed by atoms with Gasteiger partial charge in [-0.2, -0.15) is 0 Å². The number of ether oxygens (including phenoxy) is 1. The van der Waals surface area contributed by atoms with Gasteiger partial charge in [-0.3, -0.25) is 19.5 Å². The van der Waals surface area contributed by atoms with Crippen molar-refractivity contribution in [2.75, 3.05) is 38.4 Å². The minimum absolute atomic E-state index is 0.0360. The Labute approximate surface area is 263 Å². The molecule has 1 saturated heterocycles. The van der Waals surface area contributed by atoms with Crippen LogP contribution in [-0.2, 0) is 18.8 Å². The highest BCUT2D eigenvalue weighted by atomic mass is 28.4. The molecule has 16 heteroatoms. The highest BCUT2D eigenvalue weighted by Crippen LogP contribution is 2.45. The lowest BCUT2D eigenvalue weighted by Crippen LogP contribution is -2.48. The van der Waals surface area contributed by atoms with Crippen molar-refractivity contribution in [1.82, 2.24) is 35.2 Å². The number of nitrogens with one attached hydrogen (secondary N) is 4. The summed E-state index contributed by atoms with van der Waals surface area (Å²) in [7, 11) is 2.04. The van der Waals surface area contributed by atoms with Crippen LogP contribution in [0.1, 0.15) is 33.4 Å². The van der Waals surface area contributed by atoms with Crippen LogP contribution >= 0.6 is 0 Å². The Morgan fingerprint density at radius 1 is 1.07 bits per heavy atom. The van der Waals surface area contributed by atoms with E-state index in [-0.39, 0.29) is 35.8 Å². The Morgan fingerprint density at radius 2 is 1.78 bits per heavy atom. The van der Waals surface area contributed by atoms with E-state index in [0.717, 1.165) is 5.06 Å². The highest BCUT2D eigenvalue weighted by molar-refractivity contribution is 6.74. The summed E-state index contributed by atoms with van der Waals surface area (Å²) < 4.78 is 15.3. The van der Waals surface area contributed by atoms with Gasteiger partial charge in [0.15, 0.2) is 31.5 Å². The number of amides is 5. The molecule has 1 fully saturated rings. The summed E-state index contributed by atoms with van der Waals surface area (Å²) in [6.45, 7) is 10.8. The first-order valence-corrected chi connectivity index (χ1v) is 17.6. The van der Waals surface area contributed by atoms with E-state index >= 15 is 0 Å². The van der Waals surface area contributed by atoms with E-state index in [1.165, 1.54) is 20.5 Å². The van der Waals surface area contributed by atoms with Gasteiger partial charge in [-0.05, 0) is 30.3 Å². The second-order valence-electron chi connectivity index (χ2n) is 12.3. The number of urea groups is 2. The molecule has 244 valence electrons. The number of carbonyl (C=O) groups is 3. The topological polar surface area (TPSA) is 174 Å². The van der Waals surface area contributed by atoms with Crippen LogP contribution in [0.5, 0.6) is 0 Å². The molecular formula is C29H43N9O6Si. The zero-order valence-corrected chi connectivity index (χ0v) is 28.0. The quantitative estimate of drug-likeness (QED) is 0.190. The molecule has 0 radical (unpaired) electrons. The Hall–Kier alpha value is -4.12. The largest absolute Gasteiger partial charge is 0.409 e. The third-order valence-corrected chi connectivity index (χ3v) is 12.8. The number of aromatic nitrogens is 4. The van der Waals surface area contributed by atoms with Crippen LogP contribution in [-0.4, -0.2) is 90.8 Å². The third-order valence-electron chi connectivity index (χ3n) is 8.35. The number of anilines is 2. The van der Waals surface area contributed by atoms with E-state index in [9.17, 15) is 14.4 Å². The first-order valence-electron chi connectivity index (χ1n) is 14.7. The van der Waals surface area contributed by atoms with Gasteiger partial charge in [0, 0.05) is 38.7 Å². The van der Waals surface area contributed by atoms with E-state index in [2.05, 4.69) is 70.1 Å². The summed E-state index contributed by atoms with van der Waals surface area (Å²) in [6, 6.07) is 8.15. The van der Waals surface area contributed by atoms with Crippen molar-refractivity contribution < 1.29 is 28.4 Å². The molecule has 1 aliphatic rings. The average Bonchev–Trinajstić information content (AvgIpc) is 3.56. The molecule has 15 nitrogen and oxygen atoms in total. The molecular weight excluding hydrogens is 598 g/mol. The number of hydrogen-bond donors (Lipinski definition) is 4. The second-order valence-corrected chi connectivity index (χ2v) is 17.1. The van der Waals surface area contributed by atoms with Crippen molar-refractivity contribution in [3.8, 4) is 0 Å². The lowest BCUT2D eigenvalue weighted by atomic mass is 9.93. The maximum absolute atomic E-state index is 13.2. The van der Waals surface area contributed by atoms with Crippen molar-refractivity contribution in [2.24, 2.45) is 5.92 Å². The van der Waals surface area contributed by atoms with Crippen molar-refractivity contribution in [3.63, 3.8) is 0 Å². The molecule has 1 aliphatic heterocycles. The summed E-state index contributed by atoms with van der Waals surface area (Å²) in [5.41, 5.74) is 1.36. The van der Waals surface area contributed by atoms with Crippen LogP contribution in [0.15, 0.2) is 43.0 Å². The van der Waals surface area contributed by atoms with Crippen LogP contribution in [0, 0.1) is 5.92 Å². The summed E-state index contributed by atoms with van der Waals surface area (Å²) in [5.74, 6) is -0.535. The predicted octanol–water partition coefficient (Wildman–Crippen LogP) is 3.71. The number of fused-ring (bicyclic) bond motifs is 1. The molecule has 0 bridgehead atoms. The van der Waals surface area contributed by atoms with Gasteiger partial charge in [-0.25, -0.2) is 29.6 Å². The van der Waals surface area contributed by atoms with Crippen molar-refractivity contribution in [3.05, 3.63) is 43.0 Å². The van der Waals surface area contributed by atoms with Gasteiger partial charge in [0.05, 0.1) is 25.6 Å². The summed E-state index contributed by atoms with van der Waals surface area (Å²) in [4.78, 5) is 56.5. The zero-order chi connectivity index (χ0) is 32.9. The third kappa shape index (κ3) is 7.76. The number of nitrogens with zero attached hydrogens (tertiary/aromatic N) is 5.